The van der Waals surface area contributed by atoms with Gasteiger partial charge in [-0.1, -0.05) is 13.8 Å². The molecule has 0 bridgehead atoms. The lowest BCUT2D eigenvalue weighted by Crippen LogP contribution is -2.62. The summed E-state index contributed by atoms with van der Waals surface area (Å²) in [5, 5.41) is 16.1. The fourth-order valence-corrected chi connectivity index (χ4v) is 7.65. The highest BCUT2D eigenvalue weighted by Crippen LogP contribution is 2.53. The first-order valence-electron chi connectivity index (χ1n) is 13.0. The molecule has 37 heavy (non-hydrogen) atoms. The molecule has 6 atom stereocenters. The average Bonchev–Trinajstić information content (AvgIpc) is 3.40. The average molecular weight is 536 g/mol. The van der Waals surface area contributed by atoms with Crippen LogP contribution in [0, 0.1) is 17.8 Å². The summed E-state index contributed by atoms with van der Waals surface area (Å²) >= 11 is 1.46. The third-order valence-electron chi connectivity index (χ3n) is 7.97. The summed E-state index contributed by atoms with van der Waals surface area (Å²) in [7, 11) is 1.73. The molecule has 4 aliphatic heterocycles. The quantitative estimate of drug-likeness (QED) is 0.341. The number of likely N-dealkylation sites (N-methyl/N-ethyl adjacent to an activating group) is 1. The number of thioether (sulfide) groups is 1. The van der Waals surface area contributed by atoms with Gasteiger partial charge in [0.1, 0.15) is 11.5 Å². The maximum absolute atomic E-state index is 13.1. The van der Waals surface area contributed by atoms with E-state index in [9.17, 15) is 29.1 Å². The van der Waals surface area contributed by atoms with Crippen LogP contribution in [0.25, 0.3) is 0 Å². The van der Waals surface area contributed by atoms with E-state index in [0.29, 0.717) is 50.5 Å². The van der Waals surface area contributed by atoms with Gasteiger partial charge in [-0.2, -0.15) is 0 Å². The summed E-state index contributed by atoms with van der Waals surface area (Å²) in [6.07, 6.45) is 0.862. The van der Waals surface area contributed by atoms with Crippen LogP contribution in [-0.4, -0.2) is 113 Å². The number of carboxylic acid groups (broad SMARTS) is 1. The number of ketones is 1. The molecule has 0 aromatic carbocycles. The van der Waals surface area contributed by atoms with E-state index >= 15 is 0 Å². The molecule has 11 nitrogen and oxygen atoms in total. The number of β-lactam (4-membered cyclic amide) rings is 1. The van der Waals surface area contributed by atoms with Crippen LogP contribution < -0.4 is 10.6 Å². The van der Waals surface area contributed by atoms with Crippen LogP contribution in [0.4, 0.5) is 0 Å². The zero-order valence-electron chi connectivity index (χ0n) is 21.9. The number of carboxylic acids is 1. The van der Waals surface area contributed by atoms with Crippen molar-refractivity contribution in [1.82, 2.24) is 25.3 Å². The van der Waals surface area contributed by atoms with E-state index in [1.54, 1.807) is 16.8 Å². The lowest BCUT2D eigenvalue weighted by molar-refractivity contribution is -0.160. The van der Waals surface area contributed by atoms with E-state index in [2.05, 4.69) is 10.6 Å². The Morgan fingerprint density at radius 3 is 2.41 bits per heavy atom. The molecule has 0 spiro atoms. The lowest BCUT2D eigenvalue weighted by Gasteiger charge is -2.47. The van der Waals surface area contributed by atoms with Gasteiger partial charge >= 0.3 is 5.97 Å². The summed E-state index contributed by atoms with van der Waals surface area (Å²) in [6.45, 7) is 8.20. The molecule has 0 aromatic heterocycles. The topological polar surface area (TPSA) is 139 Å². The number of amides is 3. The fraction of sp³-hybridized carbons (Fsp3) is 0.720. The molecule has 0 radical (unpaired) electrons. The van der Waals surface area contributed by atoms with Crippen molar-refractivity contribution in [3.05, 3.63) is 10.6 Å². The first-order valence-corrected chi connectivity index (χ1v) is 13.8. The first kappa shape index (κ1) is 27.6. The van der Waals surface area contributed by atoms with Gasteiger partial charge in [0, 0.05) is 55.2 Å². The van der Waals surface area contributed by atoms with Crippen LogP contribution in [-0.2, 0) is 24.0 Å². The lowest BCUT2D eigenvalue weighted by atomic mass is 9.73. The summed E-state index contributed by atoms with van der Waals surface area (Å²) in [4.78, 5) is 67.6. The highest BCUT2D eigenvalue weighted by atomic mass is 32.2. The Morgan fingerprint density at radius 1 is 1.16 bits per heavy atom. The Balaban J connectivity index is 1.37. The number of piperazine rings is 1. The molecule has 4 aliphatic rings. The number of nitrogens with zero attached hydrogens (tertiary/aromatic N) is 3. The summed E-state index contributed by atoms with van der Waals surface area (Å²) in [5.74, 6) is -1.93. The molecule has 0 unspecified atom stereocenters. The molecule has 3 fully saturated rings. The molecule has 0 saturated carbocycles. The van der Waals surface area contributed by atoms with E-state index in [0.717, 1.165) is 0 Å². The van der Waals surface area contributed by atoms with Gasteiger partial charge in [-0.3, -0.25) is 14.4 Å². The predicted molar refractivity (Wildman–Crippen MR) is 137 cm³/mol. The Morgan fingerprint density at radius 2 is 1.81 bits per heavy atom. The molecule has 12 heteroatoms. The first-order chi connectivity index (χ1) is 17.5. The van der Waals surface area contributed by atoms with Gasteiger partial charge in [0.2, 0.25) is 17.7 Å². The summed E-state index contributed by atoms with van der Waals surface area (Å²) < 4.78 is 0. The van der Waals surface area contributed by atoms with Crippen molar-refractivity contribution in [3.63, 3.8) is 0 Å². The standard InChI is InChI=1S/C25H37N5O6S/c1-13(9-14(2)31)19-20-15(3)22(21(25(35)36)30(20)24(19)34)37-16-10-17(27-11-16)23(33)29-7-5-28(6-8-29)18(32)12-26-4/h13,15-17,19-20,26-27H,5-12H2,1-4H3,(H,35,36)/t13-,15+,16-,17-,19+,20-/m0/s1. The van der Waals surface area contributed by atoms with E-state index in [1.165, 1.54) is 23.6 Å². The Hall–Kier alpha value is -2.44. The van der Waals surface area contributed by atoms with Gasteiger partial charge in [0.05, 0.1) is 24.5 Å². The monoisotopic (exact) mass is 535 g/mol. The molecule has 3 amide bonds. The van der Waals surface area contributed by atoms with Crippen LogP contribution >= 0.6 is 11.8 Å². The Kier molecular flexibility index (Phi) is 8.29. The number of rotatable bonds is 9. The molecule has 0 aromatic rings. The summed E-state index contributed by atoms with van der Waals surface area (Å²) in [5.41, 5.74) is 0.0518. The number of fused-ring (bicyclic) bond motifs is 1. The van der Waals surface area contributed by atoms with Gasteiger partial charge < -0.3 is 35.2 Å². The van der Waals surface area contributed by atoms with Crippen molar-refractivity contribution in [2.24, 2.45) is 17.8 Å². The number of aliphatic carboxylic acids is 1. The second-order valence-corrected chi connectivity index (χ2v) is 11.9. The zero-order chi connectivity index (χ0) is 27.0. The maximum Gasteiger partial charge on any atom is 0.353 e. The number of carbonyl (C=O) groups is 5. The van der Waals surface area contributed by atoms with Crippen molar-refractivity contribution in [2.45, 2.75) is 50.9 Å². The molecule has 4 rings (SSSR count). The number of hydrogen-bond donors (Lipinski definition) is 3. The van der Waals surface area contributed by atoms with Gasteiger partial charge in [0.25, 0.3) is 0 Å². The van der Waals surface area contributed by atoms with Crippen molar-refractivity contribution < 1.29 is 29.1 Å². The largest absolute Gasteiger partial charge is 0.477 e. The van der Waals surface area contributed by atoms with E-state index in [4.69, 9.17) is 0 Å². The zero-order valence-corrected chi connectivity index (χ0v) is 22.7. The van der Waals surface area contributed by atoms with Crippen LogP contribution in [0.15, 0.2) is 10.6 Å². The fourth-order valence-electron chi connectivity index (χ4n) is 6.17. The van der Waals surface area contributed by atoms with Gasteiger partial charge in [-0.05, 0) is 26.3 Å². The minimum absolute atomic E-state index is 0.00106. The molecule has 3 N–H and O–H groups in total. The third-order valence-corrected chi connectivity index (χ3v) is 9.48. The van der Waals surface area contributed by atoms with Crippen LogP contribution in [0.5, 0.6) is 0 Å². The molecule has 0 aliphatic carbocycles. The van der Waals surface area contributed by atoms with Crippen molar-refractivity contribution in [3.8, 4) is 0 Å². The van der Waals surface area contributed by atoms with E-state index in [-0.39, 0.29) is 70.8 Å². The molecule has 204 valence electrons. The number of Topliss-reactive ketones (excluding diaryl/α,β-unsaturated/α-hetero) is 1. The minimum atomic E-state index is -1.12. The smallest absolute Gasteiger partial charge is 0.353 e. The van der Waals surface area contributed by atoms with Crippen LogP contribution in [0.1, 0.15) is 33.6 Å². The molecular formula is C25H37N5O6S. The van der Waals surface area contributed by atoms with Crippen LogP contribution in [0.3, 0.4) is 0 Å². The Labute approximate surface area is 221 Å². The Bertz CT molecular complexity index is 1010. The van der Waals surface area contributed by atoms with Gasteiger partial charge in [0.15, 0.2) is 0 Å². The van der Waals surface area contributed by atoms with Crippen molar-refractivity contribution in [1.29, 1.82) is 0 Å². The predicted octanol–water partition coefficient (Wildman–Crippen LogP) is -0.272. The van der Waals surface area contributed by atoms with E-state index in [1.807, 2.05) is 13.8 Å². The van der Waals surface area contributed by atoms with Gasteiger partial charge in [-0.15, -0.1) is 11.8 Å². The molecule has 4 heterocycles. The summed E-state index contributed by atoms with van der Waals surface area (Å²) in [6, 6.07) is -0.603. The number of nitrogens with one attached hydrogen (secondary N) is 2. The maximum atomic E-state index is 13.1. The molecular weight excluding hydrogens is 498 g/mol. The normalized spacial score (nSPS) is 30.3. The molecule has 3 saturated heterocycles. The van der Waals surface area contributed by atoms with Crippen LogP contribution in [0.2, 0.25) is 0 Å². The number of carbonyl (C=O) groups excluding carboxylic acids is 4. The second kappa shape index (κ2) is 11.1. The third kappa shape index (κ3) is 5.28. The van der Waals surface area contributed by atoms with E-state index < -0.39 is 5.97 Å². The SMILES string of the molecule is CNCC(=O)N1CCN(C(=O)[C@@H]2C[C@H](SC3=C(C(=O)O)N4C(=O)[C@H]([C@@H](C)CC(C)=O)[C@@H]4[C@H]3C)CN2)CC1. The van der Waals surface area contributed by atoms with Crippen molar-refractivity contribution in [2.75, 3.05) is 46.3 Å². The van der Waals surface area contributed by atoms with Gasteiger partial charge in [-0.25, -0.2) is 4.79 Å². The second-order valence-electron chi connectivity index (χ2n) is 10.6. The minimum Gasteiger partial charge on any atom is -0.477 e. The highest BCUT2D eigenvalue weighted by Gasteiger charge is 2.60. The number of hydrogen-bond acceptors (Lipinski definition) is 8. The van der Waals surface area contributed by atoms with Crippen molar-refractivity contribution >= 4 is 41.2 Å². The highest BCUT2D eigenvalue weighted by molar-refractivity contribution is 8.03.